The number of anilines is 1. The topological polar surface area (TPSA) is 30.5 Å². The van der Waals surface area contributed by atoms with Crippen molar-refractivity contribution >= 4 is 21.6 Å². The minimum atomic E-state index is 0.609. The van der Waals surface area contributed by atoms with Crippen molar-refractivity contribution in [1.29, 1.82) is 0 Å². The zero-order valence-corrected chi connectivity index (χ0v) is 13.2. The molecule has 0 bridgehead atoms. The van der Waals surface area contributed by atoms with E-state index in [9.17, 15) is 0 Å². The van der Waals surface area contributed by atoms with Gasteiger partial charge in [-0.05, 0) is 52.7 Å². The van der Waals surface area contributed by atoms with Gasteiger partial charge in [0.1, 0.15) is 0 Å². The Hall–Kier alpha value is -1.68. The molecule has 1 N–H and O–H groups in total. The number of benzene rings is 2. The fourth-order valence-corrected chi connectivity index (χ4v) is 2.60. The van der Waals surface area contributed by atoms with Crippen molar-refractivity contribution in [1.82, 2.24) is 0 Å². The van der Waals surface area contributed by atoms with E-state index >= 15 is 0 Å². The van der Waals surface area contributed by atoms with Gasteiger partial charge in [0.05, 0.1) is 18.2 Å². The Morgan fingerprint density at radius 3 is 2.55 bits per heavy atom. The molecule has 0 saturated carbocycles. The van der Waals surface area contributed by atoms with Crippen molar-refractivity contribution in [3.8, 4) is 11.5 Å². The normalized spacial score (nSPS) is 10.2. The van der Waals surface area contributed by atoms with Crippen LogP contribution in [0.2, 0.25) is 0 Å². The van der Waals surface area contributed by atoms with E-state index in [2.05, 4.69) is 21.2 Å². The Balaban J connectivity index is 2.16. The van der Waals surface area contributed by atoms with Crippen LogP contribution in [0, 0.1) is 0 Å². The van der Waals surface area contributed by atoms with E-state index in [1.807, 2.05) is 49.4 Å². The molecule has 0 spiro atoms. The second-order valence-electron chi connectivity index (χ2n) is 4.26. The summed E-state index contributed by atoms with van der Waals surface area (Å²) in [5, 5.41) is 3.38. The summed E-state index contributed by atoms with van der Waals surface area (Å²) >= 11 is 3.52. The molecule has 0 saturated heterocycles. The minimum Gasteiger partial charge on any atom is -0.492 e. The monoisotopic (exact) mass is 335 g/mol. The predicted molar refractivity (Wildman–Crippen MR) is 85.6 cm³/mol. The fraction of sp³-hybridized carbons (Fsp3) is 0.250. The van der Waals surface area contributed by atoms with Crippen molar-refractivity contribution in [2.75, 3.05) is 19.0 Å². The van der Waals surface area contributed by atoms with E-state index in [1.54, 1.807) is 7.11 Å². The molecule has 3 nitrogen and oxygen atoms in total. The van der Waals surface area contributed by atoms with Crippen LogP contribution in [0.1, 0.15) is 12.5 Å². The Labute approximate surface area is 128 Å². The number of halogens is 1. The lowest BCUT2D eigenvalue weighted by Gasteiger charge is -2.14. The Morgan fingerprint density at radius 2 is 1.90 bits per heavy atom. The Morgan fingerprint density at radius 1 is 1.15 bits per heavy atom. The number of hydrogen-bond donors (Lipinski definition) is 1. The number of para-hydroxylation sites is 1. The summed E-state index contributed by atoms with van der Waals surface area (Å²) in [5.74, 6) is 1.49. The summed E-state index contributed by atoms with van der Waals surface area (Å²) < 4.78 is 11.9. The first kappa shape index (κ1) is 14.7. The van der Waals surface area contributed by atoms with Crippen molar-refractivity contribution in [3.63, 3.8) is 0 Å². The quantitative estimate of drug-likeness (QED) is 0.844. The van der Waals surface area contributed by atoms with Crippen molar-refractivity contribution < 1.29 is 9.47 Å². The highest BCUT2D eigenvalue weighted by atomic mass is 79.9. The van der Waals surface area contributed by atoms with Gasteiger partial charge in [-0.15, -0.1) is 0 Å². The third-order valence-electron chi connectivity index (χ3n) is 2.84. The van der Waals surface area contributed by atoms with E-state index in [1.165, 1.54) is 0 Å². The molecule has 0 heterocycles. The number of methoxy groups -OCH3 is 1. The second kappa shape index (κ2) is 7.20. The van der Waals surface area contributed by atoms with Crippen LogP contribution < -0.4 is 14.8 Å². The van der Waals surface area contributed by atoms with Crippen LogP contribution in [0.4, 0.5) is 5.69 Å². The molecule has 0 radical (unpaired) electrons. The summed E-state index contributed by atoms with van der Waals surface area (Å²) in [6.07, 6.45) is 0. The van der Waals surface area contributed by atoms with Gasteiger partial charge in [0.25, 0.3) is 0 Å². The van der Waals surface area contributed by atoms with Gasteiger partial charge in [-0.1, -0.05) is 18.2 Å². The first-order valence-corrected chi connectivity index (χ1v) is 7.32. The van der Waals surface area contributed by atoms with Crippen LogP contribution in [0.3, 0.4) is 0 Å². The van der Waals surface area contributed by atoms with Gasteiger partial charge in [-0.3, -0.25) is 0 Å². The van der Waals surface area contributed by atoms with Gasteiger partial charge in [-0.2, -0.15) is 0 Å². The van der Waals surface area contributed by atoms with E-state index in [4.69, 9.17) is 9.47 Å². The van der Waals surface area contributed by atoms with E-state index < -0.39 is 0 Å². The number of ether oxygens (including phenoxy) is 2. The molecule has 2 aromatic carbocycles. The molecule has 2 rings (SSSR count). The zero-order valence-electron chi connectivity index (χ0n) is 11.7. The summed E-state index contributed by atoms with van der Waals surface area (Å²) in [4.78, 5) is 0. The van der Waals surface area contributed by atoms with Crippen molar-refractivity contribution in [2.24, 2.45) is 0 Å². The van der Waals surface area contributed by atoms with Crippen molar-refractivity contribution in [3.05, 3.63) is 52.5 Å². The summed E-state index contributed by atoms with van der Waals surface area (Å²) in [5.41, 5.74) is 2.22. The van der Waals surface area contributed by atoms with Crippen LogP contribution >= 0.6 is 15.9 Å². The first-order valence-electron chi connectivity index (χ1n) is 6.52. The van der Waals surface area contributed by atoms with E-state index in [-0.39, 0.29) is 0 Å². The molecule has 106 valence electrons. The van der Waals surface area contributed by atoms with Crippen LogP contribution in [-0.2, 0) is 6.54 Å². The highest BCUT2D eigenvalue weighted by molar-refractivity contribution is 9.10. The number of nitrogens with one attached hydrogen (secondary N) is 1. The maximum absolute atomic E-state index is 5.62. The predicted octanol–water partition coefficient (Wildman–Crippen LogP) is 4.47. The lowest BCUT2D eigenvalue weighted by atomic mass is 10.2. The lowest BCUT2D eigenvalue weighted by molar-refractivity contribution is 0.309. The Kier molecular flexibility index (Phi) is 5.30. The molecule has 0 aliphatic carbocycles. The lowest BCUT2D eigenvalue weighted by Crippen LogP contribution is -2.02. The molecule has 20 heavy (non-hydrogen) atoms. The third-order valence-corrected chi connectivity index (χ3v) is 3.43. The van der Waals surface area contributed by atoms with Crippen molar-refractivity contribution in [2.45, 2.75) is 13.5 Å². The average Bonchev–Trinajstić information content (AvgIpc) is 2.46. The molecule has 0 aromatic heterocycles. The molecule has 0 aliphatic rings. The molecule has 0 unspecified atom stereocenters. The average molecular weight is 336 g/mol. The largest absolute Gasteiger partial charge is 0.492 e. The maximum atomic E-state index is 5.62. The molecular formula is C16H18BrNO2. The second-order valence-corrected chi connectivity index (χ2v) is 5.12. The number of rotatable bonds is 6. The molecule has 0 aliphatic heterocycles. The van der Waals surface area contributed by atoms with Gasteiger partial charge >= 0.3 is 0 Å². The molecular weight excluding hydrogens is 318 g/mol. The van der Waals surface area contributed by atoms with E-state index in [0.717, 1.165) is 33.8 Å². The summed E-state index contributed by atoms with van der Waals surface area (Å²) in [7, 11) is 1.64. The molecule has 0 fully saturated rings. The van der Waals surface area contributed by atoms with Crippen LogP contribution in [0.5, 0.6) is 11.5 Å². The third kappa shape index (κ3) is 3.67. The summed E-state index contributed by atoms with van der Waals surface area (Å²) in [6.45, 7) is 3.30. The highest BCUT2D eigenvalue weighted by Gasteiger charge is 2.10. The highest BCUT2D eigenvalue weighted by Crippen LogP contribution is 2.36. The Bertz CT molecular complexity index is 558. The SMILES string of the molecule is CCOc1cc(CNc2ccccc2)cc(Br)c1OC. The fourth-order valence-electron chi connectivity index (χ4n) is 1.94. The van der Waals surface area contributed by atoms with E-state index in [0.29, 0.717) is 6.61 Å². The minimum absolute atomic E-state index is 0.609. The smallest absolute Gasteiger partial charge is 0.174 e. The standard InChI is InChI=1S/C16H18BrNO2/c1-3-20-15-10-12(9-14(17)16(15)19-2)11-18-13-7-5-4-6-8-13/h4-10,18H,3,11H2,1-2H3. The maximum Gasteiger partial charge on any atom is 0.174 e. The van der Waals surface area contributed by atoms with Gasteiger partial charge in [0.15, 0.2) is 11.5 Å². The van der Waals surface area contributed by atoms with Gasteiger partial charge < -0.3 is 14.8 Å². The van der Waals surface area contributed by atoms with Gasteiger partial charge in [0.2, 0.25) is 0 Å². The van der Waals surface area contributed by atoms with Gasteiger partial charge in [-0.25, -0.2) is 0 Å². The zero-order chi connectivity index (χ0) is 14.4. The van der Waals surface area contributed by atoms with Crippen LogP contribution in [-0.4, -0.2) is 13.7 Å². The molecule has 0 amide bonds. The molecule has 2 aromatic rings. The molecule has 0 atom stereocenters. The molecule has 4 heteroatoms. The van der Waals surface area contributed by atoms with Crippen LogP contribution in [0.15, 0.2) is 46.9 Å². The first-order chi connectivity index (χ1) is 9.74. The number of hydrogen-bond acceptors (Lipinski definition) is 3. The van der Waals surface area contributed by atoms with Crippen LogP contribution in [0.25, 0.3) is 0 Å². The summed E-state index contributed by atoms with van der Waals surface area (Å²) in [6, 6.07) is 14.2. The van der Waals surface area contributed by atoms with Gasteiger partial charge in [0, 0.05) is 12.2 Å².